The summed E-state index contributed by atoms with van der Waals surface area (Å²) in [7, 11) is 1.94. The Labute approximate surface area is 114 Å². The molecule has 1 atom stereocenters. The molecule has 2 aromatic rings. The zero-order chi connectivity index (χ0) is 13.8. The SMILES string of the molecule is CNC(c1ccc(C(C)C)cc1)c1cccnc1N. The summed E-state index contributed by atoms with van der Waals surface area (Å²) in [6, 6.07) is 12.7. The molecule has 3 N–H and O–H groups in total. The van der Waals surface area contributed by atoms with Gasteiger partial charge in [-0.2, -0.15) is 0 Å². The van der Waals surface area contributed by atoms with Crippen molar-refractivity contribution in [3.8, 4) is 0 Å². The van der Waals surface area contributed by atoms with Crippen molar-refractivity contribution in [2.24, 2.45) is 0 Å². The van der Waals surface area contributed by atoms with E-state index in [-0.39, 0.29) is 6.04 Å². The number of nitrogens with two attached hydrogens (primary N) is 1. The highest BCUT2D eigenvalue weighted by atomic mass is 14.9. The fraction of sp³-hybridized carbons (Fsp3) is 0.312. The second-order valence-corrected chi connectivity index (χ2v) is 5.02. The van der Waals surface area contributed by atoms with Crippen LogP contribution in [0.1, 0.15) is 42.5 Å². The minimum absolute atomic E-state index is 0.0786. The summed E-state index contributed by atoms with van der Waals surface area (Å²) in [5, 5.41) is 3.30. The van der Waals surface area contributed by atoms with Crippen LogP contribution in [0.3, 0.4) is 0 Å². The summed E-state index contributed by atoms with van der Waals surface area (Å²) in [6.45, 7) is 4.40. The van der Waals surface area contributed by atoms with Crippen LogP contribution in [-0.4, -0.2) is 12.0 Å². The molecule has 3 heteroatoms. The van der Waals surface area contributed by atoms with E-state index < -0.39 is 0 Å². The number of benzene rings is 1. The Bertz CT molecular complexity index is 532. The molecule has 3 nitrogen and oxygen atoms in total. The second kappa shape index (κ2) is 5.85. The minimum Gasteiger partial charge on any atom is -0.383 e. The van der Waals surface area contributed by atoms with Gasteiger partial charge in [0.25, 0.3) is 0 Å². The molecule has 0 saturated carbocycles. The highest BCUT2D eigenvalue weighted by Crippen LogP contribution is 2.26. The Balaban J connectivity index is 2.35. The molecule has 1 aromatic carbocycles. The Kier molecular flexibility index (Phi) is 4.17. The number of nitrogens with one attached hydrogen (secondary N) is 1. The third-order valence-corrected chi connectivity index (χ3v) is 3.41. The van der Waals surface area contributed by atoms with Crippen molar-refractivity contribution in [2.45, 2.75) is 25.8 Å². The van der Waals surface area contributed by atoms with E-state index in [0.717, 1.165) is 5.56 Å². The number of nitrogens with zero attached hydrogens (tertiary/aromatic N) is 1. The van der Waals surface area contributed by atoms with E-state index in [1.54, 1.807) is 6.20 Å². The molecule has 100 valence electrons. The molecule has 0 saturated heterocycles. The predicted molar refractivity (Wildman–Crippen MR) is 80.1 cm³/mol. The largest absolute Gasteiger partial charge is 0.383 e. The molecule has 0 amide bonds. The van der Waals surface area contributed by atoms with Gasteiger partial charge in [0.1, 0.15) is 5.82 Å². The Morgan fingerprint density at radius 1 is 1.05 bits per heavy atom. The smallest absolute Gasteiger partial charge is 0.128 e. The number of anilines is 1. The molecule has 0 aliphatic heterocycles. The lowest BCUT2D eigenvalue weighted by atomic mass is 9.95. The van der Waals surface area contributed by atoms with Crippen LogP contribution >= 0.6 is 0 Å². The number of nitrogen functional groups attached to an aromatic ring is 1. The van der Waals surface area contributed by atoms with Crippen LogP contribution in [0.4, 0.5) is 5.82 Å². The van der Waals surface area contributed by atoms with E-state index >= 15 is 0 Å². The first-order chi connectivity index (χ1) is 9.13. The Morgan fingerprint density at radius 3 is 2.21 bits per heavy atom. The Morgan fingerprint density at radius 2 is 1.68 bits per heavy atom. The summed E-state index contributed by atoms with van der Waals surface area (Å²) in [5.74, 6) is 1.13. The highest BCUT2D eigenvalue weighted by Gasteiger charge is 2.15. The minimum atomic E-state index is 0.0786. The van der Waals surface area contributed by atoms with E-state index in [4.69, 9.17) is 5.73 Å². The average molecular weight is 255 g/mol. The van der Waals surface area contributed by atoms with Crippen LogP contribution < -0.4 is 11.1 Å². The van der Waals surface area contributed by atoms with Crippen molar-refractivity contribution in [2.75, 3.05) is 12.8 Å². The molecular weight excluding hydrogens is 234 g/mol. The summed E-state index contributed by atoms with van der Waals surface area (Å²) in [4.78, 5) is 4.16. The number of hydrogen-bond acceptors (Lipinski definition) is 3. The third-order valence-electron chi connectivity index (χ3n) is 3.41. The molecule has 2 rings (SSSR count). The number of aromatic nitrogens is 1. The molecule has 1 heterocycles. The topological polar surface area (TPSA) is 50.9 Å². The van der Waals surface area contributed by atoms with E-state index in [1.165, 1.54) is 11.1 Å². The molecule has 0 spiro atoms. The number of hydrogen-bond donors (Lipinski definition) is 2. The zero-order valence-electron chi connectivity index (χ0n) is 11.7. The van der Waals surface area contributed by atoms with Crippen LogP contribution in [0.25, 0.3) is 0 Å². The maximum Gasteiger partial charge on any atom is 0.128 e. The van der Waals surface area contributed by atoms with Crippen LogP contribution in [-0.2, 0) is 0 Å². The quantitative estimate of drug-likeness (QED) is 0.882. The van der Waals surface area contributed by atoms with E-state index in [2.05, 4.69) is 48.4 Å². The normalized spacial score (nSPS) is 12.6. The van der Waals surface area contributed by atoms with E-state index in [9.17, 15) is 0 Å². The average Bonchev–Trinajstić information content (AvgIpc) is 2.42. The Hall–Kier alpha value is -1.87. The summed E-state index contributed by atoms with van der Waals surface area (Å²) in [6.07, 6.45) is 1.72. The maximum absolute atomic E-state index is 5.96. The monoisotopic (exact) mass is 255 g/mol. The fourth-order valence-corrected chi connectivity index (χ4v) is 2.25. The van der Waals surface area contributed by atoms with Gasteiger partial charge in [0.2, 0.25) is 0 Å². The van der Waals surface area contributed by atoms with Gasteiger partial charge in [-0.25, -0.2) is 4.98 Å². The van der Waals surface area contributed by atoms with Crippen molar-refractivity contribution < 1.29 is 0 Å². The van der Waals surface area contributed by atoms with E-state index in [0.29, 0.717) is 11.7 Å². The van der Waals surface area contributed by atoms with Gasteiger partial charge in [0, 0.05) is 11.8 Å². The molecule has 0 bridgehead atoms. The number of pyridine rings is 1. The summed E-state index contributed by atoms with van der Waals surface area (Å²) < 4.78 is 0. The molecule has 1 aromatic heterocycles. The lowest BCUT2D eigenvalue weighted by Crippen LogP contribution is -2.19. The summed E-state index contributed by atoms with van der Waals surface area (Å²) in [5.41, 5.74) is 9.52. The molecule has 0 fully saturated rings. The van der Waals surface area contributed by atoms with Crippen molar-refractivity contribution >= 4 is 5.82 Å². The van der Waals surface area contributed by atoms with Crippen LogP contribution in [0, 0.1) is 0 Å². The lowest BCUT2D eigenvalue weighted by Gasteiger charge is -2.19. The third kappa shape index (κ3) is 2.93. The highest BCUT2D eigenvalue weighted by molar-refractivity contribution is 5.45. The van der Waals surface area contributed by atoms with Gasteiger partial charge in [-0.3, -0.25) is 0 Å². The fourth-order valence-electron chi connectivity index (χ4n) is 2.25. The van der Waals surface area contributed by atoms with Gasteiger partial charge in [0.05, 0.1) is 6.04 Å². The van der Waals surface area contributed by atoms with Crippen molar-refractivity contribution in [1.29, 1.82) is 0 Å². The molecular formula is C16H21N3. The van der Waals surface area contributed by atoms with Gasteiger partial charge in [0.15, 0.2) is 0 Å². The predicted octanol–water partition coefficient (Wildman–Crippen LogP) is 3.10. The van der Waals surface area contributed by atoms with Crippen LogP contribution in [0.15, 0.2) is 42.6 Å². The van der Waals surface area contributed by atoms with Crippen molar-refractivity contribution in [3.05, 3.63) is 59.3 Å². The summed E-state index contributed by atoms with van der Waals surface area (Å²) >= 11 is 0. The first kappa shape index (κ1) is 13.6. The molecule has 0 aliphatic carbocycles. The molecule has 19 heavy (non-hydrogen) atoms. The second-order valence-electron chi connectivity index (χ2n) is 5.02. The molecule has 0 aliphatic rings. The first-order valence-corrected chi connectivity index (χ1v) is 6.61. The van der Waals surface area contributed by atoms with Crippen molar-refractivity contribution in [3.63, 3.8) is 0 Å². The van der Waals surface area contributed by atoms with Crippen LogP contribution in [0.5, 0.6) is 0 Å². The van der Waals surface area contributed by atoms with Gasteiger partial charge < -0.3 is 11.1 Å². The maximum atomic E-state index is 5.96. The van der Waals surface area contributed by atoms with Gasteiger partial charge >= 0.3 is 0 Å². The van der Waals surface area contributed by atoms with Gasteiger partial charge in [-0.1, -0.05) is 44.2 Å². The first-order valence-electron chi connectivity index (χ1n) is 6.61. The lowest BCUT2D eigenvalue weighted by molar-refractivity contribution is 0.690. The number of rotatable bonds is 4. The standard InChI is InChI=1S/C16H21N3/c1-11(2)12-6-8-13(9-7-12)15(18-3)14-5-4-10-19-16(14)17/h4-11,15,18H,1-3H3,(H2,17,19). The molecule has 0 radical (unpaired) electrons. The van der Waals surface area contributed by atoms with Crippen molar-refractivity contribution in [1.82, 2.24) is 10.3 Å². The van der Waals surface area contributed by atoms with Gasteiger partial charge in [-0.15, -0.1) is 0 Å². The van der Waals surface area contributed by atoms with Gasteiger partial charge in [-0.05, 0) is 30.2 Å². The van der Waals surface area contributed by atoms with E-state index in [1.807, 2.05) is 19.2 Å². The zero-order valence-corrected chi connectivity index (χ0v) is 11.7. The van der Waals surface area contributed by atoms with Crippen LogP contribution in [0.2, 0.25) is 0 Å². The molecule has 1 unspecified atom stereocenters.